The normalized spacial score (nSPS) is 20.9. The van der Waals surface area contributed by atoms with E-state index in [1.165, 1.54) is 18.4 Å². The van der Waals surface area contributed by atoms with Crippen LogP contribution in [0.5, 0.6) is 0 Å². The smallest absolute Gasteiger partial charge is 0.340 e. The van der Waals surface area contributed by atoms with Gasteiger partial charge in [0.2, 0.25) is 11.8 Å². The second kappa shape index (κ2) is 8.64. The molecule has 7 nitrogen and oxygen atoms in total. The molecule has 25 heavy (non-hydrogen) atoms. The predicted molar refractivity (Wildman–Crippen MR) is 97.4 cm³/mol. The molecule has 0 spiro atoms. The van der Waals surface area contributed by atoms with Crippen LogP contribution >= 0.6 is 23.7 Å². The van der Waals surface area contributed by atoms with Crippen molar-refractivity contribution in [2.75, 3.05) is 31.6 Å². The summed E-state index contributed by atoms with van der Waals surface area (Å²) in [5.41, 5.74) is 0.390. The molecule has 1 aromatic rings. The quantitative estimate of drug-likeness (QED) is 0.757. The maximum atomic E-state index is 12.6. The number of esters is 1. The minimum atomic E-state index is -0.514. The van der Waals surface area contributed by atoms with Crippen LogP contribution in [0.25, 0.3) is 0 Å². The van der Waals surface area contributed by atoms with E-state index in [0.29, 0.717) is 23.5 Å². The van der Waals surface area contributed by atoms with Gasteiger partial charge in [0, 0.05) is 12.5 Å². The van der Waals surface area contributed by atoms with Gasteiger partial charge in [0.25, 0.3) is 0 Å². The summed E-state index contributed by atoms with van der Waals surface area (Å²) in [6, 6.07) is 1.14. The number of nitrogens with zero attached hydrogens (tertiary/aromatic N) is 1. The van der Waals surface area contributed by atoms with Gasteiger partial charge in [-0.15, -0.1) is 23.7 Å². The highest BCUT2D eigenvalue weighted by Crippen LogP contribution is 2.32. The van der Waals surface area contributed by atoms with Crippen LogP contribution in [0, 0.1) is 5.92 Å². The molecule has 0 bridgehead atoms. The molecule has 3 heterocycles. The summed E-state index contributed by atoms with van der Waals surface area (Å²) < 4.78 is 4.75. The Morgan fingerprint density at radius 1 is 1.32 bits per heavy atom. The first-order valence-electron chi connectivity index (χ1n) is 8.10. The highest BCUT2D eigenvalue weighted by Gasteiger charge is 2.37. The third-order valence-electron chi connectivity index (χ3n) is 4.53. The number of methoxy groups -OCH3 is 1. The van der Waals surface area contributed by atoms with Crippen LogP contribution in [0.3, 0.4) is 0 Å². The average Bonchev–Trinajstić information content (AvgIpc) is 3.22. The van der Waals surface area contributed by atoms with E-state index >= 15 is 0 Å². The van der Waals surface area contributed by atoms with Gasteiger partial charge in [0.1, 0.15) is 11.0 Å². The van der Waals surface area contributed by atoms with Crippen LogP contribution in [0.15, 0.2) is 11.4 Å². The fourth-order valence-electron chi connectivity index (χ4n) is 3.16. The van der Waals surface area contributed by atoms with E-state index in [1.54, 1.807) is 16.3 Å². The molecule has 138 valence electrons. The van der Waals surface area contributed by atoms with Crippen molar-refractivity contribution in [3.05, 3.63) is 17.0 Å². The molecule has 0 saturated carbocycles. The Bertz CT molecular complexity index is 645. The monoisotopic (exact) mass is 387 g/mol. The van der Waals surface area contributed by atoms with E-state index in [9.17, 15) is 14.4 Å². The van der Waals surface area contributed by atoms with E-state index in [-0.39, 0.29) is 30.1 Å². The molecule has 2 fully saturated rings. The standard InChI is InChI=1S/C16H21N3O4S.ClH/c1-23-16(22)11-5-9-24-15(11)19-8-4-12(14(19)21)18-13(20)10-2-6-17-7-3-10;/h5,9-10,12,17H,2-4,6-8H2,1H3,(H,18,20);1H. The molecular formula is C16H22ClN3O4S. The molecule has 1 unspecified atom stereocenters. The predicted octanol–water partition coefficient (Wildman–Crippen LogP) is 1.18. The number of piperidine rings is 1. The number of carbonyl (C=O) groups excluding carboxylic acids is 3. The summed E-state index contributed by atoms with van der Waals surface area (Å²) >= 11 is 1.33. The fraction of sp³-hybridized carbons (Fsp3) is 0.562. The largest absolute Gasteiger partial charge is 0.465 e. The minimum absolute atomic E-state index is 0. The molecule has 2 aliphatic rings. The van der Waals surface area contributed by atoms with Gasteiger partial charge in [-0.2, -0.15) is 0 Å². The number of hydrogen-bond acceptors (Lipinski definition) is 6. The zero-order valence-electron chi connectivity index (χ0n) is 13.9. The third kappa shape index (κ3) is 4.13. The average molecular weight is 388 g/mol. The number of ether oxygens (including phenoxy) is 1. The van der Waals surface area contributed by atoms with E-state index < -0.39 is 12.0 Å². The maximum absolute atomic E-state index is 12.6. The fourth-order valence-corrected chi connectivity index (χ4v) is 4.08. The second-order valence-corrected chi connectivity index (χ2v) is 6.89. The number of rotatable bonds is 4. The molecule has 1 atom stereocenters. The summed E-state index contributed by atoms with van der Waals surface area (Å²) in [6.07, 6.45) is 2.15. The number of hydrogen-bond donors (Lipinski definition) is 2. The third-order valence-corrected chi connectivity index (χ3v) is 5.46. The van der Waals surface area contributed by atoms with E-state index in [1.807, 2.05) is 0 Å². The van der Waals surface area contributed by atoms with Gasteiger partial charge < -0.3 is 20.3 Å². The highest BCUT2D eigenvalue weighted by molar-refractivity contribution is 7.14. The van der Waals surface area contributed by atoms with Crippen LogP contribution in [-0.2, 0) is 14.3 Å². The molecule has 2 aliphatic heterocycles. The molecule has 0 aliphatic carbocycles. The van der Waals surface area contributed by atoms with Crippen LogP contribution in [-0.4, -0.2) is 50.6 Å². The van der Waals surface area contributed by atoms with Crippen molar-refractivity contribution in [3.8, 4) is 0 Å². The maximum Gasteiger partial charge on any atom is 0.340 e. The Hall–Kier alpha value is -1.64. The Morgan fingerprint density at radius 2 is 2.04 bits per heavy atom. The van der Waals surface area contributed by atoms with Crippen molar-refractivity contribution in [2.24, 2.45) is 5.92 Å². The van der Waals surface area contributed by atoms with Gasteiger partial charge in [-0.25, -0.2) is 4.79 Å². The lowest BCUT2D eigenvalue weighted by Crippen LogP contribution is -2.46. The summed E-state index contributed by atoms with van der Waals surface area (Å²) in [6.45, 7) is 2.15. The summed E-state index contributed by atoms with van der Waals surface area (Å²) in [5.74, 6) is -0.692. The van der Waals surface area contributed by atoms with Gasteiger partial charge in [-0.3, -0.25) is 9.59 Å². The lowest BCUT2D eigenvalue weighted by Gasteiger charge is -2.23. The molecule has 0 aromatic carbocycles. The van der Waals surface area contributed by atoms with E-state index in [0.717, 1.165) is 25.9 Å². The first-order valence-corrected chi connectivity index (χ1v) is 8.98. The second-order valence-electron chi connectivity index (χ2n) is 6.00. The van der Waals surface area contributed by atoms with Crippen molar-refractivity contribution in [1.29, 1.82) is 0 Å². The molecule has 0 radical (unpaired) electrons. The van der Waals surface area contributed by atoms with Crippen molar-refractivity contribution in [1.82, 2.24) is 10.6 Å². The number of nitrogens with one attached hydrogen (secondary N) is 2. The highest BCUT2D eigenvalue weighted by atomic mass is 35.5. The van der Waals surface area contributed by atoms with Crippen LogP contribution in [0.4, 0.5) is 5.00 Å². The number of halogens is 1. The first kappa shape index (κ1) is 19.7. The molecule has 2 N–H and O–H groups in total. The van der Waals surface area contributed by atoms with Crippen LogP contribution in [0.1, 0.15) is 29.6 Å². The Kier molecular flexibility index (Phi) is 6.80. The van der Waals surface area contributed by atoms with E-state index in [4.69, 9.17) is 4.74 Å². The van der Waals surface area contributed by atoms with Crippen LogP contribution in [0.2, 0.25) is 0 Å². The summed E-state index contributed by atoms with van der Waals surface area (Å²) in [5, 5.41) is 8.45. The van der Waals surface area contributed by atoms with Crippen molar-refractivity contribution >= 4 is 46.5 Å². The Labute approximate surface area is 156 Å². The number of carbonyl (C=O) groups is 3. The molecular weight excluding hydrogens is 366 g/mol. The summed E-state index contributed by atoms with van der Waals surface area (Å²) in [7, 11) is 1.32. The SMILES string of the molecule is COC(=O)c1ccsc1N1CCC(NC(=O)C2CCNCC2)C1=O.Cl. The Balaban J connectivity index is 0.00000225. The van der Waals surface area contributed by atoms with Gasteiger partial charge in [-0.1, -0.05) is 0 Å². The van der Waals surface area contributed by atoms with E-state index in [2.05, 4.69) is 10.6 Å². The van der Waals surface area contributed by atoms with Gasteiger partial charge in [0.15, 0.2) is 0 Å². The molecule has 9 heteroatoms. The Morgan fingerprint density at radius 3 is 2.72 bits per heavy atom. The van der Waals surface area contributed by atoms with Gasteiger partial charge in [0.05, 0.1) is 12.7 Å². The zero-order valence-corrected chi connectivity index (χ0v) is 15.6. The number of amides is 2. The molecule has 3 rings (SSSR count). The molecule has 2 saturated heterocycles. The number of thiophene rings is 1. The lowest BCUT2D eigenvalue weighted by atomic mass is 9.97. The topological polar surface area (TPSA) is 87.7 Å². The minimum Gasteiger partial charge on any atom is -0.465 e. The van der Waals surface area contributed by atoms with Gasteiger partial charge >= 0.3 is 5.97 Å². The summed E-state index contributed by atoms with van der Waals surface area (Å²) in [4.78, 5) is 38.3. The number of anilines is 1. The lowest BCUT2D eigenvalue weighted by molar-refractivity contribution is -0.129. The zero-order chi connectivity index (χ0) is 17.1. The van der Waals surface area contributed by atoms with Crippen molar-refractivity contribution in [3.63, 3.8) is 0 Å². The van der Waals surface area contributed by atoms with Crippen molar-refractivity contribution in [2.45, 2.75) is 25.3 Å². The first-order chi connectivity index (χ1) is 11.6. The van der Waals surface area contributed by atoms with Gasteiger partial charge in [-0.05, 0) is 43.8 Å². The van der Waals surface area contributed by atoms with Crippen molar-refractivity contribution < 1.29 is 19.1 Å². The molecule has 1 aromatic heterocycles. The van der Waals surface area contributed by atoms with Crippen LogP contribution < -0.4 is 15.5 Å². The molecule has 2 amide bonds.